The van der Waals surface area contributed by atoms with Crippen molar-refractivity contribution in [1.82, 2.24) is 10.4 Å². The summed E-state index contributed by atoms with van der Waals surface area (Å²) in [7, 11) is 0. The highest BCUT2D eigenvalue weighted by atomic mass is 16.6. The molecular weight excluding hydrogens is 372 g/mol. The molecule has 7 nitrogen and oxygen atoms in total. The molecule has 0 saturated heterocycles. The van der Waals surface area contributed by atoms with E-state index in [0.29, 0.717) is 30.8 Å². The summed E-state index contributed by atoms with van der Waals surface area (Å²) in [5.41, 5.74) is 4.19. The zero-order valence-corrected chi connectivity index (χ0v) is 17.1. The van der Waals surface area contributed by atoms with Crippen LogP contribution in [0.3, 0.4) is 0 Å². The number of carbonyl (C=O) groups is 3. The van der Waals surface area contributed by atoms with E-state index in [2.05, 4.69) is 5.43 Å². The maximum atomic E-state index is 12.6. The second-order valence-corrected chi connectivity index (χ2v) is 7.39. The fraction of sp³-hybridized carbons (Fsp3) is 0.318. The molecule has 0 radical (unpaired) electrons. The van der Waals surface area contributed by atoms with Crippen LogP contribution in [0.1, 0.15) is 44.5 Å². The number of carbonyl (C=O) groups excluding carboxylic acids is 3. The molecule has 0 bridgehead atoms. The van der Waals surface area contributed by atoms with Gasteiger partial charge < -0.3 is 9.47 Å². The van der Waals surface area contributed by atoms with Gasteiger partial charge in [-0.2, -0.15) is 0 Å². The fourth-order valence-electron chi connectivity index (χ4n) is 2.52. The predicted octanol–water partition coefficient (Wildman–Crippen LogP) is 4.18. The molecule has 0 aliphatic heterocycles. The van der Waals surface area contributed by atoms with Gasteiger partial charge in [0.1, 0.15) is 11.4 Å². The van der Waals surface area contributed by atoms with Crippen LogP contribution in [-0.2, 0) is 9.53 Å². The highest BCUT2D eigenvalue weighted by Gasteiger charge is 2.23. The van der Waals surface area contributed by atoms with E-state index in [1.165, 1.54) is 5.01 Å². The number of nitrogens with one attached hydrogen (secondary N) is 1. The molecule has 2 amide bonds. The van der Waals surface area contributed by atoms with Crippen LogP contribution in [0.2, 0.25) is 0 Å². The Labute approximate surface area is 170 Å². The van der Waals surface area contributed by atoms with Crippen molar-refractivity contribution in [1.29, 1.82) is 0 Å². The monoisotopic (exact) mass is 398 g/mol. The summed E-state index contributed by atoms with van der Waals surface area (Å²) in [5.74, 6) is 0.0588. The molecule has 7 heteroatoms. The largest absolute Gasteiger partial charge is 0.442 e. The standard InChI is InChI=1S/C22H26N2O5/c1-5-14-24(21(27)29-22(2,3)4)23-20(26)18-8-6-16(7-9-18)17-10-12-19(13-11-17)28-15-25/h6-13,15H,5,14H2,1-4H3,(H,23,26). The average Bonchev–Trinajstić information content (AvgIpc) is 2.67. The lowest BCUT2D eigenvalue weighted by molar-refractivity contribution is -0.120. The number of amides is 2. The van der Waals surface area contributed by atoms with Crippen LogP contribution >= 0.6 is 0 Å². The van der Waals surface area contributed by atoms with Crippen LogP contribution in [0.15, 0.2) is 48.5 Å². The fourth-order valence-corrected chi connectivity index (χ4v) is 2.52. The summed E-state index contributed by atoms with van der Waals surface area (Å²) >= 11 is 0. The summed E-state index contributed by atoms with van der Waals surface area (Å²) in [6.07, 6.45) is 0.0735. The van der Waals surface area contributed by atoms with Crippen molar-refractivity contribution in [2.45, 2.75) is 39.7 Å². The molecule has 0 saturated carbocycles. The number of benzene rings is 2. The number of ether oxygens (including phenoxy) is 2. The van der Waals surface area contributed by atoms with Gasteiger partial charge in [0.2, 0.25) is 0 Å². The first-order chi connectivity index (χ1) is 13.7. The molecule has 0 aliphatic rings. The number of nitrogens with zero attached hydrogens (tertiary/aromatic N) is 1. The Hall–Kier alpha value is -3.35. The third kappa shape index (κ3) is 6.64. The molecule has 0 atom stereocenters. The Morgan fingerprint density at radius 3 is 2.03 bits per heavy atom. The minimum atomic E-state index is -0.651. The molecule has 2 aromatic rings. The van der Waals surface area contributed by atoms with Crippen LogP contribution in [0.5, 0.6) is 5.75 Å². The van der Waals surface area contributed by atoms with Crippen molar-refractivity contribution in [3.63, 3.8) is 0 Å². The highest BCUT2D eigenvalue weighted by molar-refractivity contribution is 5.95. The molecule has 2 rings (SSSR count). The average molecular weight is 398 g/mol. The lowest BCUT2D eigenvalue weighted by Gasteiger charge is -2.27. The van der Waals surface area contributed by atoms with Crippen molar-refractivity contribution >= 4 is 18.5 Å². The SMILES string of the molecule is CCCN(NC(=O)c1ccc(-c2ccc(OC=O)cc2)cc1)C(=O)OC(C)(C)C. The quantitative estimate of drug-likeness (QED) is 0.583. The number of rotatable bonds is 6. The van der Waals surface area contributed by atoms with E-state index >= 15 is 0 Å². The van der Waals surface area contributed by atoms with E-state index in [1.807, 2.05) is 31.2 Å². The van der Waals surface area contributed by atoms with Crippen LogP contribution in [0.4, 0.5) is 4.79 Å². The van der Waals surface area contributed by atoms with E-state index in [1.54, 1.807) is 45.0 Å². The van der Waals surface area contributed by atoms with E-state index in [4.69, 9.17) is 9.47 Å². The maximum absolute atomic E-state index is 12.6. The Bertz CT molecular complexity index is 839. The lowest BCUT2D eigenvalue weighted by Crippen LogP contribution is -2.48. The third-order valence-electron chi connectivity index (χ3n) is 3.82. The van der Waals surface area contributed by atoms with Gasteiger partial charge in [-0.05, 0) is 62.6 Å². The molecule has 0 spiro atoms. The minimum Gasteiger partial charge on any atom is -0.442 e. The second-order valence-electron chi connectivity index (χ2n) is 7.39. The second kappa shape index (κ2) is 9.73. The minimum absolute atomic E-state index is 0.341. The van der Waals surface area contributed by atoms with Crippen LogP contribution in [-0.4, -0.2) is 35.6 Å². The highest BCUT2D eigenvalue weighted by Crippen LogP contribution is 2.22. The van der Waals surface area contributed by atoms with Gasteiger partial charge in [0.25, 0.3) is 12.4 Å². The van der Waals surface area contributed by atoms with Gasteiger partial charge in [-0.1, -0.05) is 31.2 Å². The van der Waals surface area contributed by atoms with Crippen molar-refractivity contribution in [2.75, 3.05) is 6.54 Å². The molecule has 0 aromatic heterocycles. The Morgan fingerprint density at radius 2 is 1.55 bits per heavy atom. The lowest BCUT2D eigenvalue weighted by atomic mass is 10.0. The first-order valence-electron chi connectivity index (χ1n) is 9.36. The Morgan fingerprint density at radius 1 is 1.00 bits per heavy atom. The number of hydrazine groups is 1. The first-order valence-corrected chi connectivity index (χ1v) is 9.36. The van der Waals surface area contributed by atoms with Crippen LogP contribution < -0.4 is 10.2 Å². The molecule has 0 unspecified atom stereocenters. The summed E-state index contributed by atoms with van der Waals surface area (Å²) in [5, 5.41) is 1.19. The Kier molecular flexibility index (Phi) is 7.36. The van der Waals surface area contributed by atoms with Crippen molar-refractivity contribution in [2.24, 2.45) is 0 Å². The Balaban J connectivity index is 2.08. The van der Waals surface area contributed by atoms with Crippen molar-refractivity contribution < 1.29 is 23.9 Å². The van der Waals surface area contributed by atoms with E-state index in [9.17, 15) is 14.4 Å². The van der Waals surface area contributed by atoms with Gasteiger partial charge in [0, 0.05) is 12.1 Å². The van der Waals surface area contributed by atoms with Gasteiger partial charge in [-0.25, -0.2) is 9.80 Å². The smallest absolute Gasteiger partial charge is 0.429 e. The molecule has 2 aromatic carbocycles. The van der Waals surface area contributed by atoms with Gasteiger partial charge in [0.15, 0.2) is 0 Å². The van der Waals surface area contributed by atoms with Gasteiger partial charge in [0.05, 0.1) is 0 Å². The topological polar surface area (TPSA) is 84.9 Å². The molecular formula is C22H26N2O5. The van der Waals surface area contributed by atoms with Gasteiger partial charge >= 0.3 is 6.09 Å². The summed E-state index contributed by atoms with van der Waals surface area (Å²) < 4.78 is 10.1. The van der Waals surface area contributed by atoms with Gasteiger partial charge in [-0.3, -0.25) is 15.0 Å². The normalized spacial score (nSPS) is 10.8. The molecule has 29 heavy (non-hydrogen) atoms. The predicted molar refractivity (Wildman–Crippen MR) is 109 cm³/mol. The van der Waals surface area contributed by atoms with E-state index in [-0.39, 0.29) is 0 Å². The van der Waals surface area contributed by atoms with Crippen molar-refractivity contribution in [3.8, 4) is 16.9 Å². The number of hydrogen-bond acceptors (Lipinski definition) is 5. The summed E-state index contributed by atoms with van der Waals surface area (Å²) in [6.45, 7) is 7.94. The van der Waals surface area contributed by atoms with E-state index < -0.39 is 17.6 Å². The van der Waals surface area contributed by atoms with Crippen molar-refractivity contribution in [3.05, 3.63) is 54.1 Å². The summed E-state index contributed by atoms with van der Waals surface area (Å²) in [6, 6.07) is 14.0. The molecule has 1 N–H and O–H groups in total. The molecule has 154 valence electrons. The van der Waals surface area contributed by atoms with Crippen LogP contribution in [0.25, 0.3) is 11.1 Å². The zero-order valence-electron chi connectivity index (χ0n) is 17.1. The first kappa shape index (κ1) is 21.9. The third-order valence-corrected chi connectivity index (χ3v) is 3.82. The number of hydrogen-bond donors (Lipinski definition) is 1. The van der Waals surface area contributed by atoms with E-state index in [0.717, 1.165) is 11.1 Å². The molecule has 0 fully saturated rings. The van der Waals surface area contributed by atoms with Crippen LogP contribution in [0, 0.1) is 0 Å². The summed E-state index contributed by atoms with van der Waals surface area (Å²) in [4.78, 5) is 35.2. The molecule has 0 heterocycles. The molecule has 0 aliphatic carbocycles. The zero-order chi connectivity index (χ0) is 21.4. The van der Waals surface area contributed by atoms with Gasteiger partial charge in [-0.15, -0.1) is 0 Å². The maximum Gasteiger partial charge on any atom is 0.429 e.